The SMILES string of the molecule is O=C(Nc1ccccc1SCC(F)(F)F)C1CC=CCC1. The molecule has 0 fully saturated rings. The molecule has 6 heteroatoms. The fourth-order valence-electron chi connectivity index (χ4n) is 2.12. The minimum Gasteiger partial charge on any atom is -0.325 e. The Morgan fingerprint density at radius 1 is 1.29 bits per heavy atom. The van der Waals surface area contributed by atoms with Gasteiger partial charge in [0.1, 0.15) is 0 Å². The van der Waals surface area contributed by atoms with Crippen molar-refractivity contribution in [3.05, 3.63) is 36.4 Å². The summed E-state index contributed by atoms with van der Waals surface area (Å²) in [5.41, 5.74) is 0.450. The second kappa shape index (κ2) is 7.02. The van der Waals surface area contributed by atoms with Gasteiger partial charge in [-0.2, -0.15) is 13.2 Å². The number of alkyl halides is 3. The maximum atomic E-state index is 12.3. The Kier molecular flexibility index (Phi) is 5.33. The average Bonchev–Trinajstić information content (AvgIpc) is 2.46. The van der Waals surface area contributed by atoms with E-state index in [2.05, 4.69) is 5.32 Å². The Bertz CT molecular complexity index is 528. The van der Waals surface area contributed by atoms with Crippen LogP contribution in [-0.2, 0) is 4.79 Å². The molecule has 1 N–H and O–H groups in total. The molecule has 0 saturated heterocycles. The molecule has 1 amide bonds. The van der Waals surface area contributed by atoms with E-state index < -0.39 is 11.9 Å². The van der Waals surface area contributed by atoms with E-state index >= 15 is 0 Å². The van der Waals surface area contributed by atoms with Crippen molar-refractivity contribution >= 4 is 23.4 Å². The van der Waals surface area contributed by atoms with E-state index in [1.807, 2.05) is 12.2 Å². The average molecular weight is 315 g/mol. The maximum absolute atomic E-state index is 12.3. The zero-order valence-electron chi connectivity index (χ0n) is 11.3. The van der Waals surface area contributed by atoms with Crippen LogP contribution in [-0.4, -0.2) is 17.8 Å². The van der Waals surface area contributed by atoms with Crippen molar-refractivity contribution in [2.75, 3.05) is 11.1 Å². The lowest BCUT2D eigenvalue weighted by molar-refractivity contribution is -0.120. The van der Waals surface area contributed by atoms with Crippen molar-refractivity contribution in [1.82, 2.24) is 0 Å². The number of hydrogen-bond donors (Lipinski definition) is 1. The van der Waals surface area contributed by atoms with E-state index in [1.165, 1.54) is 0 Å². The number of allylic oxidation sites excluding steroid dienone is 2. The van der Waals surface area contributed by atoms with Gasteiger partial charge >= 0.3 is 6.18 Å². The summed E-state index contributed by atoms with van der Waals surface area (Å²) in [5.74, 6) is -1.19. The smallest absolute Gasteiger partial charge is 0.325 e. The molecule has 1 unspecified atom stereocenters. The fraction of sp³-hybridized carbons (Fsp3) is 0.400. The van der Waals surface area contributed by atoms with Crippen LogP contribution in [0, 0.1) is 5.92 Å². The van der Waals surface area contributed by atoms with E-state index in [0.29, 0.717) is 28.8 Å². The molecule has 1 aliphatic rings. The predicted molar refractivity (Wildman–Crippen MR) is 78.3 cm³/mol. The molecule has 0 bridgehead atoms. The molecule has 0 spiro atoms. The molecule has 0 saturated carbocycles. The van der Waals surface area contributed by atoms with Crippen molar-refractivity contribution in [3.8, 4) is 0 Å². The Hall–Kier alpha value is -1.43. The second-order valence-corrected chi connectivity index (χ2v) is 5.89. The van der Waals surface area contributed by atoms with Crippen LogP contribution in [0.25, 0.3) is 0 Å². The highest BCUT2D eigenvalue weighted by molar-refractivity contribution is 7.99. The number of hydrogen-bond acceptors (Lipinski definition) is 2. The first kappa shape index (κ1) is 15.9. The Balaban J connectivity index is 2.02. The number of benzene rings is 1. The largest absolute Gasteiger partial charge is 0.398 e. The van der Waals surface area contributed by atoms with Crippen LogP contribution in [0.3, 0.4) is 0 Å². The summed E-state index contributed by atoms with van der Waals surface area (Å²) in [6.45, 7) is 0. The molecule has 0 heterocycles. The topological polar surface area (TPSA) is 29.1 Å². The standard InChI is InChI=1S/C15H16F3NOS/c16-15(17,18)10-21-13-9-5-4-8-12(13)19-14(20)11-6-2-1-3-7-11/h1-2,4-5,8-9,11H,3,6-7,10H2,(H,19,20). The third-order valence-electron chi connectivity index (χ3n) is 3.18. The van der Waals surface area contributed by atoms with Crippen LogP contribution in [0.15, 0.2) is 41.3 Å². The highest BCUT2D eigenvalue weighted by Gasteiger charge is 2.28. The summed E-state index contributed by atoms with van der Waals surface area (Å²) in [7, 11) is 0. The van der Waals surface area contributed by atoms with Gasteiger partial charge in [0.25, 0.3) is 0 Å². The molecule has 1 aromatic carbocycles. The van der Waals surface area contributed by atoms with Crippen LogP contribution in [0.4, 0.5) is 18.9 Å². The van der Waals surface area contributed by atoms with Gasteiger partial charge in [-0.3, -0.25) is 4.79 Å². The van der Waals surface area contributed by atoms with Crippen molar-refractivity contribution in [2.45, 2.75) is 30.3 Å². The zero-order chi connectivity index (χ0) is 15.3. The Labute approximate surface area is 125 Å². The normalized spacial score (nSPS) is 18.5. The highest BCUT2D eigenvalue weighted by Crippen LogP contribution is 2.32. The van der Waals surface area contributed by atoms with Gasteiger partial charge in [0.15, 0.2) is 0 Å². The summed E-state index contributed by atoms with van der Waals surface area (Å²) in [5, 5.41) is 2.76. The summed E-state index contributed by atoms with van der Waals surface area (Å²) in [6.07, 6.45) is 2.11. The van der Waals surface area contributed by atoms with E-state index in [4.69, 9.17) is 0 Å². The number of nitrogens with one attached hydrogen (secondary N) is 1. The molecule has 0 radical (unpaired) electrons. The van der Waals surface area contributed by atoms with Gasteiger partial charge in [0, 0.05) is 10.8 Å². The molecule has 2 nitrogen and oxygen atoms in total. The number of carbonyl (C=O) groups is 1. The first-order valence-electron chi connectivity index (χ1n) is 6.70. The number of rotatable bonds is 4. The maximum Gasteiger partial charge on any atom is 0.398 e. The zero-order valence-corrected chi connectivity index (χ0v) is 12.1. The number of amides is 1. The number of anilines is 1. The number of carbonyl (C=O) groups excluding carboxylic acids is 1. The predicted octanol–water partition coefficient (Wildman–Crippen LogP) is 4.64. The van der Waals surface area contributed by atoms with Crippen LogP contribution in [0.5, 0.6) is 0 Å². The molecule has 21 heavy (non-hydrogen) atoms. The summed E-state index contributed by atoms with van der Waals surface area (Å²) in [6, 6.07) is 6.59. The fourth-order valence-corrected chi connectivity index (χ4v) is 2.89. The number of thioether (sulfide) groups is 1. The Morgan fingerprint density at radius 2 is 2.05 bits per heavy atom. The summed E-state index contributed by atoms with van der Waals surface area (Å²) < 4.78 is 36.9. The van der Waals surface area contributed by atoms with Gasteiger partial charge in [-0.1, -0.05) is 24.3 Å². The molecule has 1 aliphatic carbocycles. The van der Waals surface area contributed by atoms with E-state index in [-0.39, 0.29) is 11.8 Å². The molecule has 0 aliphatic heterocycles. The minimum atomic E-state index is -4.23. The van der Waals surface area contributed by atoms with Crippen LogP contribution in [0.1, 0.15) is 19.3 Å². The van der Waals surface area contributed by atoms with Gasteiger partial charge < -0.3 is 5.32 Å². The first-order chi connectivity index (χ1) is 9.96. The molecule has 114 valence electrons. The monoisotopic (exact) mass is 315 g/mol. The molecular weight excluding hydrogens is 299 g/mol. The molecule has 0 aromatic heterocycles. The third kappa shape index (κ3) is 5.12. The van der Waals surface area contributed by atoms with Gasteiger partial charge in [-0.05, 0) is 31.4 Å². The Morgan fingerprint density at radius 3 is 2.71 bits per heavy atom. The van der Waals surface area contributed by atoms with Crippen molar-refractivity contribution in [1.29, 1.82) is 0 Å². The van der Waals surface area contributed by atoms with Crippen LogP contribution < -0.4 is 5.32 Å². The summed E-state index contributed by atoms with van der Waals surface area (Å²) in [4.78, 5) is 12.6. The minimum absolute atomic E-state index is 0.101. The lowest BCUT2D eigenvalue weighted by Gasteiger charge is -2.18. The van der Waals surface area contributed by atoms with E-state index in [0.717, 1.165) is 12.8 Å². The van der Waals surface area contributed by atoms with Gasteiger partial charge in [0.2, 0.25) is 5.91 Å². The van der Waals surface area contributed by atoms with Crippen molar-refractivity contribution < 1.29 is 18.0 Å². The van der Waals surface area contributed by atoms with Crippen molar-refractivity contribution in [2.24, 2.45) is 5.92 Å². The molecule has 1 aromatic rings. The van der Waals surface area contributed by atoms with Crippen LogP contribution >= 0.6 is 11.8 Å². The van der Waals surface area contributed by atoms with Gasteiger partial charge in [0.05, 0.1) is 11.4 Å². The van der Waals surface area contributed by atoms with Gasteiger partial charge in [-0.15, -0.1) is 11.8 Å². The molecule has 2 rings (SSSR count). The third-order valence-corrected chi connectivity index (χ3v) is 4.31. The quantitative estimate of drug-likeness (QED) is 0.648. The highest BCUT2D eigenvalue weighted by atomic mass is 32.2. The second-order valence-electron chi connectivity index (χ2n) is 4.87. The van der Waals surface area contributed by atoms with Crippen LogP contribution in [0.2, 0.25) is 0 Å². The van der Waals surface area contributed by atoms with E-state index in [9.17, 15) is 18.0 Å². The molecule has 1 atom stereocenters. The van der Waals surface area contributed by atoms with Gasteiger partial charge in [-0.25, -0.2) is 0 Å². The van der Waals surface area contributed by atoms with E-state index in [1.54, 1.807) is 24.3 Å². The lowest BCUT2D eigenvalue weighted by atomic mass is 9.93. The number of halogens is 3. The first-order valence-corrected chi connectivity index (χ1v) is 7.69. The number of para-hydroxylation sites is 1. The summed E-state index contributed by atoms with van der Waals surface area (Å²) >= 11 is 0.689. The van der Waals surface area contributed by atoms with Crippen molar-refractivity contribution in [3.63, 3.8) is 0 Å². The molecular formula is C15H16F3NOS. The lowest BCUT2D eigenvalue weighted by Crippen LogP contribution is -2.23.